The highest BCUT2D eigenvalue weighted by Gasteiger charge is 2.38. The average Bonchev–Trinajstić information content (AvgIpc) is 1.48. The minimum atomic E-state index is -3.87. The van der Waals surface area contributed by atoms with E-state index < -0.39 is 166 Å². The molecule has 62 heavy (non-hydrogen) atoms. The number of benzene rings is 12. The molecule has 0 heterocycles. The first-order valence-electron chi connectivity index (χ1n) is 32.2. The van der Waals surface area contributed by atoms with Gasteiger partial charge in [-0.1, -0.05) is 185 Å². The Morgan fingerprint density at radius 1 is 0.306 bits per heavy atom. The maximum absolute atomic E-state index is 10.1. The second-order valence-corrected chi connectivity index (χ2v) is 16.4. The predicted molar refractivity (Wildman–Crippen MR) is 265 cm³/mol. The SMILES string of the molecule is [2H]c1c([2H])c2c(c([2H])c1-c1c([2H])c([2H])c3c(c1[2H])C(C([2H])([2H])[2H])(C([2H])([2H])[2H])c1c([2H])c(-c4ccc5ccc6cccc7ccc4c5c67)c([2H])c([2H])c1-3)C(C([2H])([2H])[2H])(C([2H])([2H])[2H])c1c([2H])c(-c3ccc4ccc5cccc6ccc3c4c56)c([2H])c([2H])c1-2. The molecule has 0 unspecified atom stereocenters. The molecule has 12 aromatic carbocycles. The van der Waals surface area contributed by atoms with E-state index in [1.165, 1.54) is 0 Å². The number of hydrogen-bond acceptors (Lipinski definition) is 0. The van der Waals surface area contributed by atoms with Crippen LogP contribution >= 0.6 is 0 Å². The number of rotatable bonds is 3. The summed E-state index contributed by atoms with van der Waals surface area (Å²) in [5.74, 6) is 0. The smallest absolute Gasteiger partial charge is 0.0610 e. The molecular weight excluding hydrogens is 745 g/mol. The molecule has 0 fully saturated rings. The van der Waals surface area contributed by atoms with Crippen molar-refractivity contribution in [2.75, 3.05) is 0 Å². The van der Waals surface area contributed by atoms with Crippen molar-refractivity contribution in [3.63, 3.8) is 0 Å². The van der Waals surface area contributed by atoms with Gasteiger partial charge in [-0.25, -0.2) is 0 Å². The van der Waals surface area contributed by atoms with Gasteiger partial charge in [0.2, 0.25) is 0 Å². The molecule has 0 radical (unpaired) electrons. The fraction of sp³-hybridized carbons (Fsp3) is 0.0968. The van der Waals surface area contributed by atoms with E-state index in [2.05, 4.69) is 0 Å². The van der Waals surface area contributed by atoms with Crippen LogP contribution in [0.5, 0.6) is 0 Å². The Morgan fingerprint density at radius 3 is 0.984 bits per heavy atom. The molecule has 0 N–H and O–H groups in total. The standard InChI is InChI=1S/C62H42/c1-61(2)53-31-41(19-25-47(53)49-27-21-43(33-55(49)61)45-23-15-39-13-11-35-7-5-9-37-17-29-51(45)59(39)57(35)37)42-20-26-48-50-28-22-44(34-56(50)62(3,4)54(48)32-42)46-24-16-40-14-12-36-8-6-10-38-18-30-52(46)60(40)58(36)38/h5-34H,1-4H3/i1D3,2D3,3D3,4D3,19D,20D,21D,22D,25D,26D,27D,28D,31D,32D,33D,34D. The highest BCUT2D eigenvalue weighted by molar-refractivity contribution is 6.26. The Balaban J connectivity index is 1.07. The van der Waals surface area contributed by atoms with Crippen molar-refractivity contribution in [2.45, 2.75) is 38.2 Å². The Labute approximate surface area is 395 Å². The summed E-state index contributed by atoms with van der Waals surface area (Å²) >= 11 is 0. The quantitative estimate of drug-likeness (QED) is 0.156. The molecule has 0 aliphatic heterocycles. The van der Waals surface area contributed by atoms with Crippen LogP contribution in [0.3, 0.4) is 0 Å². The molecule has 0 spiro atoms. The van der Waals surface area contributed by atoms with Crippen LogP contribution in [0, 0.1) is 0 Å². The fourth-order valence-corrected chi connectivity index (χ4v) is 10.2. The lowest BCUT2D eigenvalue weighted by Crippen LogP contribution is -2.15. The lowest BCUT2D eigenvalue weighted by atomic mass is 9.79. The van der Waals surface area contributed by atoms with Crippen LogP contribution in [-0.4, -0.2) is 0 Å². The van der Waals surface area contributed by atoms with Gasteiger partial charge in [0, 0.05) is 27.3 Å². The second-order valence-electron chi connectivity index (χ2n) is 16.4. The lowest BCUT2D eigenvalue weighted by Gasteiger charge is -2.24. The summed E-state index contributed by atoms with van der Waals surface area (Å²) in [7, 11) is 0. The number of fused-ring (bicyclic) bond motifs is 6. The van der Waals surface area contributed by atoms with E-state index in [1.807, 2.05) is 72.8 Å². The molecule has 0 amide bonds. The minimum absolute atomic E-state index is 0.154. The van der Waals surface area contributed by atoms with Gasteiger partial charge in [-0.3, -0.25) is 0 Å². The van der Waals surface area contributed by atoms with Crippen LogP contribution in [-0.2, 0) is 10.8 Å². The Hall–Kier alpha value is -7.28. The van der Waals surface area contributed by atoms with Crippen molar-refractivity contribution in [3.8, 4) is 55.6 Å². The van der Waals surface area contributed by atoms with E-state index in [0.29, 0.717) is 21.5 Å². The summed E-state index contributed by atoms with van der Waals surface area (Å²) in [6.45, 7) is -15.5. The zero-order valence-electron chi connectivity index (χ0n) is 56.4. The van der Waals surface area contributed by atoms with E-state index in [-0.39, 0.29) is 22.3 Å². The van der Waals surface area contributed by atoms with Crippen molar-refractivity contribution in [1.29, 1.82) is 0 Å². The largest absolute Gasteiger partial charge is 0.0633 e. The second kappa shape index (κ2) is 11.8. The third-order valence-electron chi connectivity index (χ3n) is 13.1. The topological polar surface area (TPSA) is 0 Å². The zero-order chi connectivity index (χ0) is 61.7. The summed E-state index contributed by atoms with van der Waals surface area (Å²) in [5.41, 5.74) is -16.7. The molecule has 0 bridgehead atoms. The van der Waals surface area contributed by atoms with Gasteiger partial charge in [0.1, 0.15) is 0 Å². The zero-order valence-corrected chi connectivity index (χ0v) is 32.4. The summed E-state index contributed by atoms with van der Waals surface area (Å²) < 4.78 is 229. The first-order valence-corrected chi connectivity index (χ1v) is 20.2. The van der Waals surface area contributed by atoms with Crippen molar-refractivity contribution in [3.05, 3.63) is 204 Å². The van der Waals surface area contributed by atoms with Gasteiger partial charge in [0.05, 0.1) is 16.4 Å². The molecular formula is C62H42. The minimum Gasteiger partial charge on any atom is -0.0610 e. The van der Waals surface area contributed by atoms with Gasteiger partial charge in [-0.05, 0) is 167 Å². The molecule has 0 saturated carbocycles. The van der Waals surface area contributed by atoms with Gasteiger partial charge in [-0.15, -0.1) is 0 Å². The molecule has 14 rings (SSSR count). The molecule has 0 heteroatoms. The first-order chi connectivity index (χ1) is 40.3. The van der Waals surface area contributed by atoms with Gasteiger partial charge in [0.25, 0.3) is 0 Å². The van der Waals surface area contributed by atoms with E-state index >= 15 is 0 Å². The Bertz CT molecular complexity index is 4700. The monoisotopic (exact) mass is 810 g/mol. The third kappa shape index (κ3) is 4.42. The lowest BCUT2D eigenvalue weighted by molar-refractivity contribution is 0.660. The summed E-state index contributed by atoms with van der Waals surface area (Å²) in [6, 6.07) is 20.8. The molecule has 0 saturated heterocycles. The van der Waals surface area contributed by atoms with Crippen molar-refractivity contribution < 1.29 is 32.9 Å². The van der Waals surface area contributed by atoms with Crippen LogP contribution in [0.4, 0.5) is 0 Å². The maximum atomic E-state index is 10.1. The molecule has 0 aromatic heterocycles. The highest BCUT2D eigenvalue weighted by atomic mass is 14.4. The summed E-state index contributed by atoms with van der Waals surface area (Å²) in [4.78, 5) is 0. The van der Waals surface area contributed by atoms with Crippen LogP contribution in [0.1, 0.15) is 82.6 Å². The van der Waals surface area contributed by atoms with E-state index in [9.17, 15) is 32.9 Å². The van der Waals surface area contributed by atoms with Gasteiger partial charge in [0.15, 0.2) is 0 Å². The number of hydrogen-bond donors (Lipinski definition) is 0. The van der Waals surface area contributed by atoms with Crippen LogP contribution in [0.15, 0.2) is 182 Å². The molecule has 0 atom stereocenters. The average molecular weight is 811 g/mol. The van der Waals surface area contributed by atoms with Crippen molar-refractivity contribution in [2.24, 2.45) is 0 Å². The predicted octanol–water partition coefficient (Wildman–Crippen LogP) is 17.1. The maximum Gasteiger partial charge on any atom is 0.0633 e. The molecule has 2 aliphatic carbocycles. The van der Waals surface area contributed by atoms with E-state index in [0.717, 1.165) is 43.1 Å². The van der Waals surface area contributed by atoms with Crippen LogP contribution < -0.4 is 0 Å². The van der Waals surface area contributed by atoms with E-state index in [1.54, 1.807) is 36.4 Å². The summed E-state index contributed by atoms with van der Waals surface area (Å²) in [6.07, 6.45) is 0. The van der Waals surface area contributed by atoms with Gasteiger partial charge >= 0.3 is 0 Å². The van der Waals surface area contributed by atoms with Gasteiger partial charge < -0.3 is 0 Å². The molecule has 2 aliphatic rings. The third-order valence-corrected chi connectivity index (χ3v) is 13.1. The Morgan fingerprint density at radius 2 is 0.613 bits per heavy atom. The van der Waals surface area contributed by atoms with Crippen molar-refractivity contribution >= 4 is 64.6 Å². The van der Waals surface area contributed by atoms with Crippen LogP contribution in [0.2, 0.25) is 0 Å². The normalized spacial score (nSPS) is 21.1. The summed E-state index contributed by atoms with van der Waals surface area (Å²) in [5, 5.41) is 8.90. The first kappa shape index (κ1) is 18.8. The highest BCUT2D eigenvalue weighted by Crippen LogP contribution is 2.54. The van der Waals surface area contributed by atoms with E-state index in [4.69, 9.17) is 0 Å². The van der Waals surface area contributed by atoms with Gasteiger partial charge in [-0.2, -0.15) is 0 Å². The van der Waals surface area contributed by atoms with Crippen molar-refractivity contribution in [1.82, 2.24) is 0 Å². The molecule has 12 aromatic rings. The van der Waals surface area contributed by atoms with Crippen LogP contribution in [0.25, 0.3) is 120 Å². The fourth-order valence-electron chi connectivity index (χ4n) is 10.2. The Kier molecular flexibility index (Phi) is 3.56. The molecule has 290 valence electrons. The molecule has 0 nitrogen and oxygen atoms in total.